The third-order valence-electron chi connectivity index (χ3n) is 5.12. The van der Waals surface area contributed by atoms with E-state index >= 15 is 0 Å². The number of benzene rings is 1. The summed E-state index contributed by atoms with van der Waals surface area (Å²) in [6.45, 7) is 0.595. The molecule has 4 atom stereocenters. The topological polar surface area (TPSA) is 66.4 Å². The first-order valence-electron chi connectivity index (χ1n) is 8.39. The van der Waals surface area contributed by atoms with E-state index in [1.165, 1.54) is 5.56 Å². The van der Waals surface area contributed by atoms with Crippen LogP contribution in [0.15, 0.2) is 42.5 Å². The number of carboxylic acids is 1. The quantitative estimate of drug-likeness (QED) is 0.627. The molecule has 122 valence electrons. The third-order valence-corrected chi connectivity index (χ3v) is 5.12. The number of carbonyl (C=O) groups excluding carboxylic acids is 1. The predicted molar refractivity (Wildman–Crippen MR) is 87.7 cm³/mol. The smallest absolute Gasteiger partial charge is 0.307 e. The Bertz CT molecular complexity index is 596. The van der Waals surface area contributed by atoms with Crippen LogP contribution < -0.4 is 5.32 Å². The van der Waals surface area contributed by atoms with Gasteiger partial charge in [-0.3, -0.25) is 9.59 Å². The first kappa shape index (κ1) is 15.8. The summed E-state index contributed by atoms with van der Waals surface area (Å²) in [5, 5.41) is 12.4. The highest BCUT2D eigenvalue weighted by Gasteiger charge is 2.47. The van der Waals surface area contributed by atoms with E-state index in [1.807, 2.05) is 30.4 Å². The van der Waals surface area contributed by atoms with Gasteiger partial charge in [-0.1, -0.05) is 42.5 Å². The molecule has 2 N–H and O–H groups in total. The molecule has 1 fully saturated rings. The Morgan fingerprint density at radius 2 is 1.70 bits per heavy atom. The fourth-order valence-corrected chi connectivity index (χ4v) is 3.95. The third kappa shape index (κ3) is 3.46. The number of carboxylic acid groups (broad SMARTS) is 1. The van der Waals surface area contributed by atoms with Crippen molar-refractivity contribution in [2.45, 2.75) is 25.7 Å². The van der Waals surface area contributed by atoms with Crippen molar-refractivity contribution < 1.29 is 14.7 Å². The normalized spacial score (nSPS) is 28.5. The number of rotatable bonds is 6. The molecule has 23 heavy (non-hydrogen) atoms. The van der Waals surface area contributed by atoms with Crippen LogP contribution in [0.2, 0.25) is 0 Å². The molecule has 1 amide bonds. The number of aliphatic carboxylic acids is 1. The zero-order valence-corrected chi connectivity index (χ0v) is 13.2. The van der Waals surface area contributed by atoms with E-state index in [-0.39, 0.29) is 17.7 Å². The minimum absolute atomic E-state index is 0.0116. The molecule has 0 radical (unpaired) electrons. The van der Waals surface area contributed by atoms with E-state index in [0.29, 0.717) is 6.54 Å². The Balaban J connectivity index is 1.53. The highest BCUT2D eigenvalue weighted by Crippen LogP contribution is 2.45. The molecule has 4 nitrogen and oxygen atoms in total. The maximum Gasteiger partial charge on any atom is 0.307 e. The molecule has 3 aliphatic carbocycles. The molecule has 1 saturated carbocycles. The van der Waals surface area contributed by atoms with E-state index in [0.717, 1.165) is 25.7 Å². The van der Waals surface area contributed by atoms with Crippen molar-refractivity contribution in [3.63, 3.8) is 0 Å². The number of carbonyl (C=O) groups is 2. The van der Waals surface area contributed by atoms with Crippen LogP contribution in [0, 0.1) is 23.7 Å². The molecule has 3 aliphatic rings. The van der Waals surface area contributed by atoms with Crippen LogP contribution in [0.25, 0.3) is 0 Å². The molecule has 1 aromatic carbocycles. The fraction of sp³-hybridized carbons (Fsp3) is 0.474. The average molecular weight is 313 g/mol. The highest BCUT2D eigenvalue weighted by atomic mass is 16.4. The van der Waals surface area contributed by atoms with Gasteiger partial charge in [-0.25, -0.2) is 0 Å². The van der Waals surface area contributed by atoms with Crippen molar-refractivity contribution in [3.8, 4) is 0 Å². The first-order valence-corrected chi connectivity index (χ1v) is 8.39. The van der Waals surface area contributed by atoms with Crippen LogP contribution >= 0.6 is 0 Å². The Hall–Kier alpha value is -2.10. The summed E-state index contributed by atoms with van der Waals surface area (Å²) >= 11 is 0. The molecular formula is C19H23NO3. The molecule has 0 aliphatic heterocycles. The summed E-state index contributed by atoms with van der Waals surface area (Å²) in [5.74, 6) is -1.81. The van der Waals surface area contributed by atoms with Crippen LogP contribution in [0.3, 0.4) is 0 Å². The van der Waals surface area contributed by atoms with Crippen molar-refractivity contribution in [2.24, 2.45) is 23.7 Å². The molecule has 0 heterocycles. The van der Waals surface area contributed by atoms with Crippen molar-refractivity contribution in [1.82, 2.24) is 5.32 Å². The Morgan fingerprint density at radius 1 is 1.04 bits per heavy atom. The van der Waals surface area contributed by atoms with Gasteiger partial charge in [0, 0.05) is 6.54 Å². The molecule has 0 aromatic heterocycles. The van der Waals surface area contributed by atoms with Gasteiger partial charge in [0.25, 0.3) is 0 Å². The molecule has 0 unspecified atom stereocenters. The zero-order chi connectivity index (χ0) is 16.2. The lowest BCUT2D eigenvalue weighted by Crippen LogP contribution is -2.49. The largest absolute Gasteiger partial charge is 0.481 e. The Kier molecular flexibility index (Phi) is 4.79. The van der Waals surface area contributed by atoms with Crippen LogP contribution in [-0.4, -0.2) is 23.5 Å². The molecule has 0 saturated heterocycles. The number of aryl methyl sites for hydroxylation is 1. The molecule has 1 aromatic rings. The molecule has 2 bridgehead atoms. The van der Waals surface area contributed by atoms with Gasteiger partial charge in [-0.05, 0) is 43.1 Å². The van der Waals surface area contributed by atoms with Crippen molar-refractivity contribution in [3.05, 3.63) is 48.0 Å². The average Bonchev–Trinajstić information content (AvgIpc) is 2.59. The van der Waals surface area contributed by atoms with Crippen LogP contribution in [0.4, 0.5) is 0 Å². The lowest BCUT2D eigenvalue weighted by atomic mass is 9.62. The lowest BCUT2D eigenvalue weighted by Gasteiger charge is -2.41. The van der Waals surface area contributed by atoms with E-state index in [9.17, 15) is 14.7 Å². The van der Waals surface area contributed by atoms with Crippen LogP contribution in [0.5, 0.6) is 0 Å². The second kappa shape index (κ2) is 6.99. The van der Waals surface area contributed by atoms with Crippen LogP contribution in [-0.2, 0) is 16.0 Å². The summed E-state index contributed by atoms with van der Waals surface area (Å²) < 4.78 is 0. The summed E-state index contributed by atoms with van der Waals surface area (Å²) in [4.78, 5) is 24.1. The minimum atomic E-state index is -0.839. The lowest BCUT2D eigenvalue weighted by molar-refractivity contribution is -0.152. The van der Waals surface area contributed by atoms with Gasteiger partial charge >= 0.3 is 5.97 Å². The van der Waals surface area contributed by atoms with Gasteiger partial charge in [-0.2, -0.15) is 0 Å². The maximum atomic E-state index is 12.5. The SMILES string of the molecule is O=C(O)[C@@H]1[C@@H](C(=O)NCCCc2ccccc2)[C@H]2C=C[C@H]1CC2. The van der Waals surface area contributed by atoms with Crippen LogP contribution in [0.1, 0.15) is 24.8 Å². The monoisotopic (exact) mass is 313 g/mol. The van der Waals surface area contributed by atoms with Gasteiger partial charge < -0.3 is 10.4 Å². The van der Waals surface area contributed by atoms with Crippen molar-refractivity contribution in [2.75, 3.05) is 6.54 Å². The molecule has 4 rings (SSSR count). The van der Waals surface area contributed by atoms with Gasteiger partial charge in [0.1, 0.15) is 0 Å². The van der Waals surface area contributed by atoms with Gasteiger partial charge in [-0.15, -0.1) is 0 Å². The van der Waals surface area contributed by atoms with E-state index in [4.69, 9.17) is 0 Å². The highest BCUT2D eigenvalue weighted by molar-refractivity contribution is 5.86. The first-order chi connectivity index (χ1) is 11.2. The summed E-state index contributed by atoms with van der Waals surface area (Å²) in [7, 11) is 0. The Labute approximate surface area is 136 Å². The van der Waals surface area contributed by atoms with Gasteiger partial charge in [0.15, 0.2) is 0 Å². The molecular weight excluding hydrogens is 290 g/mol. The predicted octanol–water partition coefficient (Wildman–Crippen LogP) is 2.65. The number of nitrogens with one attached hydrogen (secondary N) is 1. The number of hydrogen-bond donors (Lipinski definition) is 2. The summed E-state index contributed by atoms with van der Waals surface area (Å²) in [6.07, 6.45) is 7.63. The van der Waals surface area contributed by atoms with Crippen molar-refractivity contribution >= 4 is 11.9 Å². The summed E-state index contributed by atoms with van der Waals surface area (Å²) in [5.41, 5.74) is 1.25. The van der Waals surface area contributed by atoms with Gasteiger partial charge in [0.05, 0.1) is 11.8 Å². The van der Waals surface area contributed by atoms with E-state index in [2.05, 4.69) is 17.4 Å². The molecule has 0 spiro atoms. The second-order valence-electron chi connectivity index (χ2n) is 6.56. The minimum Gasteiger partial charge on any atom is -0.481 e. The van der Waals surface area contributed by atoms with E-state index in [1.54, 1.807) is 0 Å². The number of hydrogen-bond acceptors (Lipinski definition) is 2. The Morgan fingerprint density at radius 3 is 2.30 bits per heavy atom. The standard InChI is InChI=1S/C19H23NO3/c21-18(20-12-4-7-13-5-2-1-3-6-13)16-14-8-10-15(11-9-14)17(16)19(22)23/h1-3,5-6,8,10,14-17H,4,7,9,11-12H2,(H,20,21)(H,22,23)/t14-,15-,16-,17-/m0/s1. The number of allylic oxidation sites excluding steroid dienone is 2. The number of fused-ring (bicyclic) bond motifs is 2. The van der Waals surface area contributed by atoms with E-state index < -0.39 is 17.8 Å². The number of amides is 1. The maximum absolute atomic E-state index is 12.5. The summed E-state index contributed by atoms with van der Waals surface area (Å²) in [6, 6.07) is 10.2. The fourth-order valence-electron chi connectivity index (χ4n) is 3.95. The second-order valence-corrected chi connectivity index (χ2v) is 6.56. The van der Waals surface area contributed by atoms with Crippen molar-refractivity contribution in [1.29, 1.82) is 0 Å². The zero-order valence-electron chi connectivity index (χ0n) is 13.2. The molecule has 4 heteroatoms. The van der Waals surface area contributed by atoms with Gasteiger partial charge in [0.2, 0.25) is 5.91 Å².